The third-order valence-corrected chi connectivity index (χ3v) is 6.57. The van der Waals surface area contributed by atoms with Crippen LogP contribution in [-0.2, 0) is 12.8 Å². The minimum Gasteiger partial charge on any atom is -0.305 e. The minimum absolute atomic E-state index is 0.772. The average molecular weight is 471 g/mol. The molecule has 1 aromatic carbocycles. The Labute approximate surface area is 163 Å². The Morgan fingerprint density at radius 2 is 1.92 bits per heavy atom. The highest BCUT2D eigenvalue weighted by Crippen LogP contribution is 2.34. The summed E-state index contributed by atoms with van der Waals surface area (Å²) in [5.74, 6) is 0. The summed E-state index contributed by atoms with van der Waals surface area (Å²) >= 11 is 13.6. The van der Waals surface area contributed by atoms with Gasteiger partial charge in [0.25, 0.3) is 0 Å². The van der Waals surface area contributed by atoms with E-state index < -0.39 is 0 Å². The molecule has 4 rings (SSSR count). The Kier molecular flexibility index (Phi) is 4.78. The van der Waals surface area contributed by atoms with Gasteiger partial charge >= 0.3 is 0 Å². The first-order chi connectivity index (χ1) is 11.6. The first kappa shape index (κ1) is 16.7. The first-order valence-electron chi connectivity index (χ1n) is 8.10. The number of aryl methyl sites for hydroxylation is 1. The minimum atomic E-state index is 0.772. The molecule has 24 heavy (non-hydrogen) atoms. The number of fused-ring (bicyclic) bond motifs is 2. The molecule has 0 saturated carbocycles. The molecule has 0 bridgehead atoms. The summed E-state index contributed by atoms with van der Waals surface area (Å²) in [6.45, 7) is 3.98. The fourth-order valence-electron chi connectivity index (χ4n) is 3.54. The van der Waals surface area contributed by atoms with Gasteiger partial charge in [0, 0.05) is 15.1 Å². The summed E-state index contributed by atoms with van der Waals surface area (Å²) in [7, 11) is 0. The number of hydrogen-bond donors (Lipinski definition) is 1. The fourth-order valence-corrected chi connectivity index (χ4v) is 4.64. The number of nitrogens with zero attached hydrogens (tertiary/aromatic N) is 2. The Hall–Kier alpha value is -0.750. The number of nitrogens with one attached hydrogen (secondary N) is 1. The van der Waals surface area contributed by atoms with Crippen molar-refractivity contribution in [3.05, 3.63) is 60.7 Å². The highest BCUT2D eigenvalue weighted by molar-refractivity contribution is 9.10. The van der Waals surface area contributed by atoms with Crippen molar-refractivity contribution in [3.63, 3.8) is 0 Å². The monoisotopic (exact) mass is 468 g/mol. The van der Waals surface area contributed by atoms with E-state index in [1.807, 2.05) is 12.3 Å². The number of aromatic nitrogens is 1. The number of hydrogen-bond acceptors (Lipinski definition) is 2. The molecule has 124 valence electrons. The molecule has 0 unspecified atom stereocenters. The standard InChI is InChI=1S/C18H17Br2ClN3/c19-12-9-11-1-2-13-14(3-4-15(21)16(13)20)18(17(11)23-10-12)24-7-5-22-6-8-24/h3-4,9-10,22H,1-2,5-8H2/q+1. The highest BCUT2D eigenvalue weighted by Gasteiger charge is 2.31. The third kappa shape index (κ3) is 2.96. The van der Waals surface area contributed by atoms with Gasteiger partial charge in [0.1, 0.15) is 5.69 Å². The van der Waals surface area contributed by atoms with Gasteiger partial charge in [0.05, 0.1) is 23.7 Å². The zero-order valence-electron chi connectivity index (χ0n) is 13.1. The zero-order valence-corrected chi connectivity index (χ0v) is 17.0. The molecule has 2 heterocycles. The van der Waals surface area contributed by atoms with Gasteiger partial charge in [0.2, 0.25) is 5.71 Å². The van der Waals surface area contributed by atoms with Crippen LogP contribution in [0.25, 0.3) is 0 Å². The van der Waals surface area contributed by atoms with Gasteiger partial charge in [-0.2, -0.15) is 0 Å². The summed E-state index contributed by atoms with van der Waals surface area (Å²) in [6, 6.07) is 6.33. The second-order valence-corrected chi connectivity index (χ2v) is 8.25. The fraction of sp³-hybridized carbons (Fsp3) is 0.333. The molecule has 1 fully saturated rings. The van der Waals surface area contributed by atoms with Gasteiger partial charge in [-0.25, -0.2) is 9.56 Å². The van der Waals surface area contributed by atoms with Gasteiger partial charge in [0.15, 0.2) is 13.1 Å². The van der Waals surface area contributed by atoms with Gasteiger partial charge in [-0.05, 0) is 74.0 Å². The summed E-state index contributed by atoms with van der Waals surface area (Å²) in [5.41, 5.74) is 6.17. The summed E-state index contributed by atoms with van der Waals surface area (Å²) in [5, 5.41) is 4.21. The molecular formula is C18H17Br2ClN3+. The van der Waals surface area contributed by atoms with Crippen LogP contribution in [0.1, 0.15) is 22.4 Å². The maximum absolute atomic E-state index is 6.37. The number of halogens is 3. The molecule has 0 radical (unpaired) electrons. The largest absolute Gasteiger partial charge is 0.305 e. The molecule has 0 atom stereocenters. The molecule has 1 saturated heterocycles. The normalized spacial score (nSPS) is 17.3. The predicted molar refractivity (Wildman–Crippen MR) is 105 cm³/mol. The second-order valence-electron chi connectivity index (χ2n) is 6.13. The van der Waals surface area contributed by atoms with Crippen molar-refractivity contribution < 1.29 is 4.58 Å². The van der Waals surface area contributed by atoms with Crippen molar-refractivity contribution >= 4 is 49.2 Å². The zero-order chi connectivity index (χ0) is 16.7. The SMILES string of the molecule is Clc1ccc2c(c1Br)CCc1cc(Br)cnc1C2=[N+]1CCNCC1. The lowest BCUT2D eigenvalue weighted by Crippen LogP contribution is -2.41. The molecule has 1 aliphatic heterocycles. The van der Waals surface area contributed by atoms with E-state index >= 15 is 0 Å². The summed E-state index contributed by atoms with van der Waals surface area (Å²) in [6.07, 6.45) is 3.82. The van der Waals surface area contributed by atoms with Crippen LogP contribution in [0.15, 0.2) is 33.3 Å². The summed E-state index contributed by atoms with van der Waals surface area (Å²) in [4.78, 5) is 4.79. The Morgan fingerprint density at radius 3 is 2.71 bits per heavy atom. The maximum atomic E-state index is 6.37. The second kappa shape index (κ2) is 6.87. The lowest BCUT2D eigenvalue weighted by atomic mass is 10.00. The van der Waals surface area contributed by atoms with E-state index in [1.165, 1.54) is 22.4 Å². The Bertz CT molecular complexity index is 840. The van der Waals surface area contributed by atoms with Crippen molar-refractivity contribution in [1.29, 1.82) is 0 Å². The van der Waals surface area contributed by atoms with Crippen LogP contribution < -0.4 is 5.32 Å². The molecule has 3 nitrogen and oxygen atoms in total. The van der Waals surface area contributed by atoms with Crippen LogP contribution in [0.5, 0.6) is 0 Å². The molecule has 0 spiro atoms. The van der Waals surface area contributed by atoms with Crippen LogP contribution in [0.4, 0.5) is 0 Å². The van der Waals surface area contributed by atoms with E-state index in [4.69, 9.17) is 16.6 Å². The van der Waals surface area contributed by atoms with Crippen LogP contribution in [0.2, 0.25) is 5.02 Å². The number of rotatable bonds is 0. The lowest BCUT2D eigenvalue weighted by Gasteiger charge is -2.17. The van der Waals surface area contributed by atoms with E-state index in [2.05, 4.69) is 53.9 Å². The average Bonchev–Trinajstić information content (AvgIpc) is 2.76. The van der Waals surface area contributed by atoms with Crippen LogP contribution in [0.3, 0.4) is 0 Å². The molecular weight excluding hydrogens is 453 g/mol. The Balaban J connectivity index is 2.01. The molecule has 1 aliphatic carbocycles. The highest BCUT2D eigenvalue weighted by atomic mass is 79.9. The van der Waals surface area contributed by atoms with E-state index in [9.17, 15) is 0 Å². The van der Waals surface area contributed by atoms with Gasteiger partial charge in [-0.1, -0.05) is 11.6 Å². The topological polar surface area (TPSA) is 27.9 Å². The van der Waals surface area contributed by atoms with E-state index in [1.54, 1.807) is 0 Å². The number of pyridine rings is 1. The molecule has 2 aromatic rings. The van der Waals surface area contributed by atoms with E-state index in [0.717, 1.165) is 58.7 Å². The van der Waals surface area contributed by atoms with Gasteiger partial charge in [-0.15, -0.1) is 0 Å². The molecule has 2 aliphatic rings. The first-order valence-corrected chi connectivity index (χ1v) is 10.1. The van der Waals surface area contributed by atoms with Gasteiger partial charge < -0.3 is 5.32 Å². The van der Waals surface area contributed by atoms with Crippen molar-refractivity contribution in [2.45, 2.75) is 12.8 Å². The molecule has 0 amide bonds. The smallest absolute Gasteiger partial charge is 0.233 e. The Morgan fingerprint density at radius 1 is 1.12 bits per heavy atom. The van der Waals surface area contributed by atoms with E-state index in [0.29, 0.717) is 0 Å². The van der Waals surface area contributed by atoms with Crippen LogP contribution in [-0.4, -0.2) is 41.5 Å². The van der Waals surface area contributed by atoms with E-state index in [-0.39, 0.29) is 0 Å². The number of piperazine rings is 1. The summed E-state index contributed by atoms with van der Waals surface area (Å²) < 4.78 is 4.51. The van der Waals surface area contributed by atoms with Crippen molar-refractivity contribution in [2.75, 3.05) is 26.2 Å². The number of benzene rings is 1. The quantitative estimate of drug-likeness (QED) is 0.593. The van der Waals surface area contributed by atoms with Crippen molar-refractivity contribution in [2.24, 2.45) is 0 Å². The van der Waals surface area contributed by atoms with Crippen LogP contribution in [0, 0.1) is 0 Å². The third-order valence-electron chi connectivity index (χ3n) is 4.69. The van der Waals surface area contributed by atoms with Crippen LogP contribution >= 0.6 is 43.5 Å². The van der Waals surface area contributed by atoms with Crippen molar-refractivity contribution in [3.8, 4) is 0 Å². The maximum Gasteiger partial charge on any atom is 0.233 e. The van der Waals surface area contributed by atoms with Crippen molar-refractivity contribution in [1.82, 2.24) is 10.3 Å². The predicted octanol–water partition coefficient (Wildman–Crippen LogP) is 3.81. The van der Waals surface area contributed by atoms with Gasteiger partial charge in [-0.3, -0.25) is 0 Å². The molecule has 1 aromatic heterocycles. The molecule has 1 N–H and O–H groups in total. The molecule has 6 heteroatoms. The lowest BCUT2D eigenvalue weighted by molar-refractivity contribution is -0.531.